The van der Waals surface area contributed by atoms with E-state index in [1.807, 2.05) is 11.3 Å². The van der Waals surface area contributed by atoms with Gasteiger partial charge in [0.1, 0.15) is 0 Å². The second-order valence-electron chi connectivity index (χ2n) is 7.04. The number of piperazine rings is 1. The maximum absolute atomic E-state index is 3.95. The van der Waals surface area contributed by atoms with Crippen LogP contribution in [0, 0.1) is 0 Å². The number of nitrogens with zero attached hydrogens (tertiary/aromatic N) is 1. The summed E-state index contributed by atoms with van der Waals surface area (Å²) >= 11 is 1.89. The van der Waals surface area contributed by atoms with E-state index < -0.39 is 0 Å². The first-order chi connectivity index (χ1) is 9.07. The van der Waals surface area contributed by atoms with Crippen molar-refractivity contribution in [1.82, 2.24) is 10.2 Å². The van der Waals surface area contributed by atoms with Crippen molar-refractivity contribution in [3.8, 4) is 0 Å². The normalized spacial score (nSPS) is 26.0. The predicted molar refractivity (Wildman–Crippen MR) is 82.9 cm³/mol. The highest BCUT2D eigenvalue weighted by Crippen LogP contribution is 2.35. The van der Waals surface area contributed by atoms with Gasteiger partial charge in [-0.3, -0.25) is 4.90 Å². The van der Waals surface area contributed by atoms with Crippen LogP contribution in [0.4, 0.5) is 0 Å². The van der Waals surface area contributed by atoms with Crippen LogP contribution >= 0.6 is 11.3 Å². The minimum absolute atomic E-state index is 0.262. The maximum atomic E-state index is 3.95. The van der Waals surface area contributed by atoms with E-state index in [0.717, 1.165) is 0 Å². The highest BCUT2D eigenvalue weighted by molar-refractivity contribution is 7.09. The van der Waals surface area contributed by atoms with E-state index in [-0.39, 0.29) is 5.54 Å². The van der Waals surface area contributed by atoms with E-state index in [1.54, 1.807) is 0 Å². The van der Waals surface area contributed by atoms with E-state index in [9.17, 15) is 0 Å². The first kappa shape index (κ1) is 13.6. The molecule has 2 heterocycles. The number of rotatable bonds is 3. The van der Waals surface area contributed by atoms with Crippen LogP contribution < -0.4 is 5.32 Å². The summed E-state index contributed by atoms with van der Waals surface area (Å²) in [6, 6.07) is 4.43. The summed E-state index contributed by atoms with van der Waals surface area (Å²) in [5.74, 6) is 0. The SMILES string of the molecule is CC1(C)CN(CCc2cccs2)CC2(CCCC2)N1. The maximum Gasteiger partial charge on any atom is 0.0313 e. The summed E-state index contributed by atoms with van der Waals surface area (Å²) in [5, 5.41) is 6.14. The van der Waals surface area contributed by atoms with Gasteiger partial charge in [0.2, 0.25) is 0 Å². The second-order valence-corrected chi connectivity index (χ2v) is 8.07. The molecule has 0 amide bonds. The van der Waals surface area contributed by atoms with Crippen molar-refractivity contribution in [3.63, 3.8) is 0 Å². The van der Waals surface area contributed by atoms with Gasteiger partial charge in [0.25, 0.3) is 0 Å². The van der Waals surface area contributed by atoms with Gasteiger partial charge in [-0.15, -0.1) is 11.3 Å². The van der Waals surface area contributed by atoms with Gasteiger partial charge in [-0.25, -0.2) is 0 Å². The first-order valence-electron chi connectivity index (χ1n) is 7.61. The van der Waals surface area contributed by atoms with Crippen LogP contribution in [0.15, 0.2) is 17.5 Å². The minimum atomic E-state index is 0.262. The molecule has 1 aromatic heterocycles. The topological polar surface area (TPSA) is 15.3 Å². The van der Waals surface area contributed by atoms with Crippen LogP contribution in [-0.4, -0.2) is 35.6 Å². The number of thiophene rings is 1. The fraction of sp³-hybridized carbons (Fsp3) is 0.750. The highest BCUT2D eigenvalue weighted by atomic mass is 32.1. The molecular formula is C16H26N2S. The quantitative estimate of drug-likeness (QED) is 0.913. The van der Waals surface area contributed by atoms with Crippen LogP contribution in [0.25, 0.3) is 0 Å². The highest BCUT2D eigenvalue weighted by Gasteiger charge is 2.43. The Kier molecular flexibility index (Phi) is 3.71. The summed E-state index contributed by atoms with van der Waals surface area (Å²) in [7, 11) is 0. The van der Waals surface area contributed by atoms with Gasteiger partial charge in [-0.1, -0.05) is 18.9 Å². The smallest absolute Gasteiger partial charge is 0.0313 e. The average molecular weight is 278 g/mol. The monoisotopic (exact) mass is 278 g/mol. The van der Waals surface area contributed by atoms with Gasteiger partial charge in [-0.2, -0.15) is 0 Å². The summed E-state index contributed by atoms with van der Waals surface area (Å²) < 4.78 is 0. The van der Waals surface area contributed by atoms with Gasteiger partial charge in [-0.05, 0) is 44.6 Å². The first-order valence-corrected chi connectivity index (χ1v) is 8.49. The molecule has 1 spiro atoms. The molecule has 1 aliphatic carbocycles. The Labute approximate surface area is 121 Å². The van der Waals surface area contributed by atoms with Crippen molar-refractivity contribution in [3.05, 3.63) is 22.4 Å². The molecule has 3 heteroatoms. The van der Waals surface area contributed by atoms with E-state index in [4.69, 9.17) is 0 Å². The molecular weight excluding hydrogens is 252 g/mol. The van der Waals surface area contributed by atoms with Gasteiger partial charge in [0, 0.05) is 35.6 Å². The summed E-state index contributed by atoms with van der Waals surface area (Å²) in [4.78, 5) is 4.22. The van der Waals surface area contributed by atoms with Crippen molar-refractivity contribution in [2.24, 2.45) is 0 Å². The average Bonchev–Trinajstić information content (AvgIpc) is 2.96. The standard InChI is InChI=1S/C16H26N2S/c1-15(2)12-18(10-7-14-6-5-11-19-14)13-16(17-15)8-3-4-9-16/h5-6,11,17H,3-4,7-10,12-13H2,1-2H3. The molecule has 0 bridgehead atoms. The zero-order valence-corrected chi connectivity index (χ0v) is 13.1. The number of hydrogen-bond acceptors (Lipinski definition) is 3. The lowest BCUT2D eigenvalue weighted by Gasteiger charge is -2.50. The largest absolute Gasteiger partial charge is 0.304 e. The van der Waals surface area contributed by atoms with Crippen LogP contribution in [0.3, 0.4) is 0 Å². The van der Waals surface area contributed by atoms with Crippen LogP contribution in [0.5, 0.6) is 0 Å². The molecule has 1 saturated carbocycles. The Morgan fingerprint density at radius 2 is 2.05 bits per heavy atom. The van der Waals surface area contributed by atoms with Crippen molar-refractivity contribution in [2.75, 3.05) is 19.6 Å². The lowest BCUT2D eigenvalue weighted by atomic mass is 9.87. The number of nitrogens with one attached hydrogen (secondary N) is 1. The fourth-order valence-electron chi connectivity index (χ4n) is 4.06. The molecule has 1 N–H and O–H groups in total. The molecule has 1 aliphatic heterocycles. The van der Waals surface area contributed by atoms with Gasteiger partial charge in [0.15, 0.2) is 0 Å². The Morgan fingerprint density at radius 1 is 1.26 bits per heavy atom. The molecule has 0 unspecified atom stereocenters. The van der Waals surface area contributed by atoms with Crippen molar-refractivity contribution in [1.29, 1.82) is 0 Å². The molecule has 0 aromatic carbocycles. The summed E-state index contributed by atoms with van der Waals surface area (Å²) in [6.07, 6.45) is 6.76. The Hall–Kier alpha value is -0.380. The Morgan fingerprint density at radius 3 is 2.74 bits per heavy atom. The zero-order valence-electron chi connectivity index (χ0n) is 12.2. The molecule has 19 heavy (non-hydrogen) atoms. The van der Waals surface area contributed by atoms with Crippen LogP contribution in [0.1, 0.15) is 44.4 Å². The molecule has 3 rings (SSSR count). The zero-order chi connectivity index (χ0) is 13.3. The molecule has 2 nitrogen and oxygen atoms in total. The third-order valence-corrected chi connectivity index (χ3v) is 5.50. The Bertz CT molecular complexity index is 404. The predicted octanol–water partition coefficient (Wildman–Crippen LogP) is 3.29. The van der Waals surface area contributed by atoms with Gasteiger partial charge >= 0.3 is 0 Å². The lowest BCUT2D eigenvalue weighted by Crippen LogP contribution is -2.68. The van der Waals surface area contributed by atoms with E-state index >= 15 is 0 Å². The fourth-order valence-corrected chi connectivity index (χ4v) is 4.75. The molecule has 106 valence electrons. The third-order valence-electron chi connectivity index (χ3n) is 4.56. The van der Waals surface area contributed by atoms with Crippen molar-refractivity contribution < 1.29 is 0 Å². The van der Waals surface area contributed by atoms with Gasteiger partial charge < -0.3 is 5.32 Å². The van der Waals surface area contributed by atoms with Crippen molar-refractivity contribution in [2.45, 2.75) is 57.0 Å². The van der Waals surface area contributed by atoms with E-state index in [2.05, 4.69) is 41.6 Å². The lowest BCUT2D eigenvalue weighted by molar-refractivity contribution is 0.0633. The molecule has 0 atom stereocenters. The van der Waals surface area contributed by atoms with Crippen LogP contribution in [-0.2, 0) is 6.42 Å². The molecule has 2 fully saturated rings. The molecule has 1 aromatic rings. The van der Waals surface area contributed by atoms with Crippen LogP contribution in [0.2, 0.25) is 0 Å². The molecule has 1 saturated heterocycles. The third kappa shape index (κ3) is 3.21. The van der Waals surface area contributed by atoms with E-state index in [0.29, 0.717) is 5.54 Å². The Balaban J connectivity index is 1.64. The minimum Gasteiger partial charge on any atom is -0.304 e. The van der Waals surface area contributed by atoms with E-state index in [1.165, 1.54) is 56.6 Å². The van der Waals surface area contributed by atoms with Gasteiger partial charge in [0.05, 0.1) is 0 Å². The second kappa shape index (κ2) is 5.19. The summed E-state index contributed by atoms with van der Waals surface area (Å²) in [6.45, 7) is 8.38. The van der Waals surface area contributed by atoms with Crippen molar-refractivity contribution >= 4 is 11.3 Å². The molecule has 2 aliphatic rings. The number of hydrogen-bond donors (Lipinski definition) is 1. The molecule has 0 radical (unpaired) electrons. The summed E-state index contributed by atoms with van der Waals surface area (Å²) in [5.41, 5.74) is 0.676.